The Morgan fingerprint density at radius 1 is 1.50 bits per heavy atom. The maximum atomic E-state index is 11.4. The SMILES string of the molecule is O=C(NCCO)[C@@H]1CCCN1C(=O)O. The Hall–Kier alpha value is -1.30. The molecule has 6 heteroatoms. The Labute approximate surface area is 81.5 Å². The molecule has 14 heavy (non-hydrogen) atoms. The summed E-state index contributed by atoms with van der Waals surface area (Å²) in [6.45, 7) is 0.445. The van der Waals surface area contributed by atoms with Gasteiger partial charge < -0.3 is 15.5 Å². The van der Waals surface area contributed by atoms with Gasteiger partial charge in [0.1, 0.15) is 6.04 Å². The fourth-order valence-electron chi connectivity index (χ4n) is 1.57. The summed E-state index contributed by atoms with van der Waals surface area (Å²) in [6.07, 6.45) is 0.208. The fraction of sp³-hybridized carbons (Fsp3) is 0.750. The highest BCUT2D eigenvalue weighted by Crippen LogP contribution is 2.16. The summed E-state index contributed by atoms with van der Waals surface area (Å²) >= 11 is 0. The van der Waals surface area contributed by atoms with Gasteiger partial charge in [0.15, 0.2) is 0 Å². The molecule has 1 rings (SSSR count). The second-order valence-corrected chi connectivity index (χ2v) is 3.15. The Bertz CT molecular complexity index is 231. The number of aliphatic hydroxyl groups is 1. The second kappa shape index (κ2) is 4.80. The van der Waals surface area contributed by atoms with Gasteiger partial charge in [-0.25, -0.2) is 4.79 Å². The van der Waals surface area contributed by atoms with Gasteiger partial charge in [-0.05, 0) is 12.8 Å². The molecule has 2 amide bonds. The Morgan fingerprint density at radius 2 is 2.21 bits per heavy atom. The standard InChI is InChI=1S/C8H14N2O4/c11-5-3-9-7(12)6-2-1-4-10(6)8(13)14/h6,11H,1-5H2,(H,9,12)(H,13,14)/t6-/m0/s1. The number of amides is 2. The topological polar surface area (TPSA) is 89.9 Å². The number of nitrogens with one attached hydrogen (secondary N) is 1. The molecule has 0 unspecified atom stereocenters. The fourth-order valence-corrected chi connectivity index (χ4v) is 1.57. The van der Waals surface area contributed by atoms with Crippen LogP contribution in [0.15, 0.2) is 0 Å². The highest BCUT2D eigenvalue weighted by atomic mass is 16.4. The highest BCUT2D eigenvalue weighted by molar-refractivity contribution is 5.85. The van der Waals surface area contributed by atoms with Crippen molar-refractivity contribution in [2.75, 3.05) is 19.7 Å². The normalized spacial score (nSPS) is 20.9. The molecule has 3 N–H and O–H groups in total. The second-order valence-electron chi connectivity index (χ2n) is 3.15. The molecular weight excluding hydrogens is 188 g/mol. The van der Waals surface area contributed by atoms with Crippen molar-refractivity contribution in [3.8, 4) is 0 Å². The van der Waals surface area contributed by atoms with Gasteiger partial charge in [0.2, 0.25) is 5.91 Å². The molecule has 80 valence electrons. The van der Waals surface area contributed by atoms with E-state index in [9.17, 15) is 9.59 Å². The minimum atomic E-state index is -1.06. The lowest BCUT2D eigenvalue weighted by Crippen LogP contribution is -2.46. The molecule has 6 nitrogen and oxygen atoms in total. The zero-order valence-corrected chi connectivity index (χ0v) is 7.77. The molecule has 1 heterocycles. The number of carboxylic acid groups (broad SMARTS) is 1. The third-order valence-electron chi connectivity index (χ3n) is 2.21. The van der Waals surface area contributed by atoms with Crippen LogP contribution >= 0.6 is 0 Å². The molecule has 0 bridgehead atoms. The number of rotatable bonds is 3. The first kappa shape index (κ1) is 10.8. The molecule has 0 saturated carbocycles. The van der Waals surface area contributed by atoms with Gasteiger partial charge in [0, 0.05) is 13.1 Å². The number of likely N-dealkylation sites (tertiary alicyclic amines) is 1. The first-order valence-corrected chi connectivity index (χ1v) is 4.55. The minimum absolute atomic E-state index is 0.133. The van der Waals surface area contributed by atoms with Crippen molar-refractivity contribution in [1.82, 2.24) is 10.2 Å². The van der Waals surface area contributed by atoms with Crippen LogP contribution in [0.4, 0.5) is 4.79 Å². The summed E-state index contributed by atoms with van der Waals surface area (Å²) in [7, 11) is 0. The third-order valence-corrected chi connectivity index (χ3v) is 2.21. The van der Waals surface area contributed by atoms with Crippen molar-refractivity contribution < 1.29 is 19.8 Å². The van der Waals surface area contributed by atoms with Crippen LogP contribution in [0, 0.1) is 0 Å². The van der Waals surface area contributed by atoms with E-state index in [-0.39, 0.29) is 19.1 Å². The number of hydrogen-bond donors (Lipinski definition) is 3. The van der Waals surface area contributed by atoms with Crippen LogP contribution < -0.4 is 5.32 Å². The van der Waals surface area contributed by atoms with Crippen molar-refractivity contribution in [2.45, 2.75) is 18.9 Å². The van der Waals surface area contributed by atoms with E-state index in [4.69, 9.17) is 10.2 Å². The van der Waals surface area contributed by atoms with Gasteiger partial charge in [-0.1, -0.05) is 0 Å². The molecular formula is C8H14N2O4. The van der Waals surface area contributed by atoms with Gasteiger partial charge in [-0.3, -0.25) is 9.69 Å². The molecule has 0 spiro atoms. The summed E-state index contributed by atoms with van der Waals surface area (Å²) in [5.74, 6) is -0.320. The summed E-state index contributed by atoms with van der Waals surface area (Å²) < 4.78 is 0. The van der Waals surface area contributed by atoms with Crippen LogP contribution in [-0.2, 0) is 4.79 Å². The van der Waals surface area contributed by atoms with E-state index in [0.29, 0.717) is 19.4 Å². The first-order valence-electron chi connectivity index (χ1n) is 4.55. The molecule has 0 aliphatic carbocycles. The average Bonchev–Trinajstić information content (AvgIpc) is 2.62. The smallest absolute Gasteiger partial charge is 0.407 e. The summed E-state index contributed by atoms with van der Waals surface area (Å²) in [5.41, 5.74) is 0. The van der Waals surface area contributed by atoms with Gasteiger partial charge in [-0.15, -0.1) is 0 Å². The summed E-state index contributed by atoms with van der Waals surface area (Å²) in [5, 5.41) is 19.7. The Kier molecular flexibility index (Phi) is 3.70. The third kappa shape index (κ3) is 2.35. The van der Waals surface area contributed by atoms with Crippen molar-refractivity contribution in [3.05, 3.63) is 0 Å². The molecule has 1 aliphatic heterocycles. The largest absolute Gasteiger partial charge is 0.465 e. The molecule has 1 atom stereocenters. The maximum absolute atomic E-state index is 11.4. The molecule has 0 aromatic heterocycles. The monoisotopic (exact) mass is 202 g/mol. The Morgan fingerprint density at radius 3 is 2.79 bits per heavy atom. The van der Waals surface area contributed by atoms with Crippen LogP contribution in [0.2, 0.25) is 0 Å². The van der Waals surface area contributed by atoms with E-state index < -0.39 is 12.1 Å². The lowest BCUT2D eigenvalue weighted by Gasteiger charge is -2.20. The van der Waals surface area contributed by atoms with E-state index in [1.807, 2.05) is 0 Å². The number of carbonyl (C=O) groups excluding carboxylic acids is 1. The van der Waals surface area contributed by atoms with E-state index in [2.05, 4.69) is 5.32 Å². The van der Waals surface area contributed by atoms with E-state index in [0.717, 1.165) is 4.90 Å². The van der Waals surface area contributed by atoms with Gasteiger partial charge in [-0.2, -0.15) is 0 Å². The molecule has 0 aromatic rings. The molecule has 0 radical (unpaired) electrons. The molecule has 1 aliphatic rings. The molecule has 1 saturated heterocycles. The van der Waals surface area contributed by atoms with Crippen molar-refractivity contribution in [3.63, 3.8) is 0 Å². The first-order chi connectivity index (χ1) is 6.66. The lowest BCUT2D eigenvalue weighted by molar-refractivity contribution is -0.125. The number of carbonyl (C=O) groups is 2. The predicted octanol–water partition coefficient (Wildman–Crippen LogP) is -0.763. The lowest BCUT2D eigenvalue weighted by atomic mass is 10.2. The van der Waals surface area contributed by atoms with E-state index in [1.165, 1.54) is 0 Å². The number of nitrogens with zero attached hydrogens (tertiary/aromatic N) is 1. The summed E-state index contributed by atoms with van der Waals surface area (Å²) in [6, 6.07) is -0.584. The molecule has 0 aromatic carbocycles. The van der Waals surface area contributed by atoms with Gasteiger partial charge in [0.25, 0.3) is 0 Å². The maximum Gasteiger partial charge on any atom is 0.407 e. The Balaban J connectivity index is 2.49. The van der Waals surface area contributed by atoms with E-state index >= 15 is 0 Å². The minimum Gasteiger partial charge on any atom is -0.465 e. The van der Waals surface area contributed by atoms with Crippen LogP contribution in [0.5, 0.6) is 0 Å². The number of hydrogen-bond acceptors (Lipinski definition) is 3. The van der Waals surface area contributed by atoms with Crippen LogP contribution in [0.25, 0.3) is 0 Å². The van der Waals surface area contributed by atoms with E-state index in [1.54, 1.807) is 0 Å². The zero-order chi connectivity index (χ0) is 10.6. The van der Waals surface area contributed by atoms with Crippen LogP contribution in [0.3, 0.4) is 0 Å². The van der Waals surface area contributed by atoms with Crippen molar-refractivity contribution >= 4 is 12.0 Å². The number of aliphatic hydroxyl groups excluding tert-OH is 1. The molecule has 1 fully saturated rings. The van der Waals surface area contributed by atoms with Gasteiger partial charge >= 0.3 is 6.09 Å². The average molecular weight is 202 g/mol. The van der Waals surface area contributed by atoms with Crippen LogP contribution in [0.1, 0.15) is 12.8 Å². The highest BCUT2D eigenvalue weighted by Gasteiger charge is 2.33. The predicted molar refractivity (Wildman–Crippen MR) is 47.8 cm³/mol. The van der Waals surface area contributed by atoms with Crippen molar-refractivity contribution in [1.29, 1.82) is 0 Å². The van der Waals surface area contributed by atoms with Crippen LogP contribution in [-0.4, -0.2) is 52.9 Å². The quantitative estimate of drug-likeness (QED) is 0.561. The summed E-state index contributed by atoms with van der Waals surface area (Å²) in [4.78, 5) is 23.2. The zero-order valence-electron chi connectivity index (χ0n) is 7.77. The van der Waals surface area contributed by atoms with Gasteiger partial charge in [0.05, 0.1) is 6.61 Å². The van der Waals surface area contributed by atoms with Crippen molar-refractivity contribution in [2.24, 2.45) is 0 Å².